The van der Waals surface area contributed by atoms with Crippen LogP contribution in [0, 0.1) is 6.92 Å². The number of nitrogens with zero attached hydrogens (tertiary/aromatic N) is 2. The molecule has 4 nitrogen and oxygen atoms in total. The Bertz CT molecular complexity index is 388. The van der Waals surface area contributed by atoms with Crippen molar-refractivity contribution < 1.29 is 0 Å². The van der Waals surface area contributed by atoms with Crippen molar-refractivity contribution in [2.75, 3.05) is 23.9 Å². The second-order valence-electron chi connectivity index (χ2n) is 4.71. The third-order valence-corrected chi connectivity index (χ3v) is 4.93. The van der Waals surface area contributed by atoms with Gasteiger partial charge in [0.05, 0.1) is 0 Å². The average molecular weight is 252 g/mol. The summed E-state index contributed by atoms with van der Waals surface area (Å²) in [6.45, 7) is 2.97. The van der Waals surface area contributed by atoms with Crippen LogP contribution in [-0.2, 0) is 0 Å². The molecule has 1 saturated carbocycles. The van der Waals surface area contributed by atoms with E-state index in [1.54, 1.807) is 6.20 Å². The molecule has 0 spiro atoms. The fourth-order valence-corrected chi connectivity index (χ4v) is 3.27. The minimum Gasteiger partial charge on any atom is -0.368 e. The van der Waals surface area contributed by atoms with Crippen molar-refractivity contribution in [2.24, 2.45) is 0 Å². The van der Waals surface area contributed by atoms with Crippen molar-refractivity contribution in [3.8, 4) is 0 Å². The standard InChI is InChI=1S/C12H20N4S/c1-9-7-14-11(13)16-10(9)15-8-12(17-2)5-3-4-6-12/h7H,3-6,8H2,1-2H3,(H3,13,14,15,16). The number of aryl methyl sites for hydroxylation is 1. The van der Waals surface area contributed by atoms with Gasteiger partial charge in [0.15, 0.2) is 0 Å². The maximum absolute atomic E-state index is 5.61. The number of hydrogen-bond acceptors (Lipinski definition) is 5. The predicted molar refractivity (Wildman–Crippen MR) is 74.4 cm³/mol. The van der Waals surface area contributed by atoms with Crippen molar-refractivity contribution in [3.63, 3.8) is 0 Å². The van der Waals surface area contributed by atoms with Gasteiger partial charge in [-0.3, -0.25) is 0 Å². The van der Waals surface area contributed by atoms with Gasteiger partial charge in [-0.15, -0.1) is 0 Å². The first-order chi connectivity index (χ1) is 8.15. The Balaban J connectivity index is 2.03. The van der Waals surface area contributed by atoms with Gasteiger partial charge in [0.25, 0.3) is 0 Å². The van der Waals surface area contributed by atoms with Gasteiger partial charge >= 0.3 is 0 Å². The number of anilines is 2. The fraction of sp³-hybridized carbons (Fsp3) is 0.667. The lowest BCUT2D eigenvalue weighted by Crippen LogP contribution is -2.30. The number of nitrogens with one attached hydrogen (secondary N) is 1. The summed E-state index contributed by atoms with van der Waals surface area (Å²) >= 11 is 1.97. The number of nitrogens with two attached hydrogens (primary N) is 1. The van der Waals surface area contributed by atoms with Crippen LogP contribution in [0.1, 0.15) is 31.2 Å². The van der Waals surface area contributed by atoms with E-state index >= 15 is 0 Å². The minimum atomic E-state index is 0.336. The summed E-state index contributed by atoms with van der Waals surface area (Å²) in [5, 5.41) is 3.44. The molecule has 2 rings (SSSR count). The van der Waals surface area contributed by atoms with E-state index in [1.807, 2.05) is 18.7 Å². The molecule has 0 bridgehead atoms. The Hall–Kier alpha value is -0.970. The topological polar surface area (TPSA) is 63.8 Å². The highest BCUT2D eigenvalue weighted by molar-refractivity contribution is 8.00. The van der Waals surface area contributed by atoms with Crippen LogP contribution in [0.25, 0.3) is 0 Å². The summed E-state index contributed by atoms with van der Waals surface area (Å²) in [4.78, 5) is 8.22. The van der Waals surface area contributed by atoms with Crippen LogP contribution in [0.3, 0.4) is 0 Å². The fourth-order valence-electron chi connectivity index (χ4n) is 2.35. The quantitative estimate of drug-likeness (QED) is 0.862. The molecule has 5 heteroatoms. The molecule has 0 saturated heterocycles. The predicted octanol–water partition coefficient (Wildman–Crippen LogP) is 2.45. The Kier molecular flexibility index (Phi) is 3.76. The molecule has 1 aromatic rings. The van der Waals surface area contributed by atoms with E-state index in [1.165, 1.54) is 25.7 Å². The first-order valence-electron chi connectivity index (χ1n) is 6.03. The highest BCUT2D eigenvalue weighted by Crippen LogP contribution is 2.40. The molecular formula is C12H20N4S. The van der Waals surface area contributed by atoms with Crippen molar-refractivity contribution in [2.45, 2.75) is 37.4 Å². The third-order valence-electron chi connectivity index (χ3n) is 3.52. The van der Waals surface area contributed by atoms with Gasteiger partial charge in [0, 0.05) is 23.1 Å². The van der Waals surface area contributed by atoms with Gasteiger partial charge in [-0.1, -0.05) is 12.8 Å². The van der Waals surface area contributed by atoms with Crippen molar-refractivity contribution in [1.29, 1.82) is 0 Å². The zero-order valence-corrected chi connectivity index (χ0v) is 11.3. The highest BCUT2D eigenvalue weighted by atomic mass is 32.2. The number of thioether (sulfide) groups is 1. The largest absolute Gasteiger partial charge is 0.368 e. The Labute approximate surface area is 107 Å². The highest BCUT2D eigenvalue weighted by Gasteiger charge is 2.32. The van der Waals surface area contributed by atoms with E-state index in [-0.39, 0.29) is 0 Å². The first kappa shape index (κ1) is 12.5. The van der Waals surface area contributed by atoms with Gasteiger partial charge in [0.2, 0.25) is 5.95 Å². The molecule has 0 aromatic carbocycles. The Morgan fingerprint density at radius 1 is 1.47 bits per heavy atom. The molecule has 17 heavy (non-hydrogen) atoms. The summed E-state index contributed by atoms with van der Waals surface area (Å²) in [5.41, 5.74) is 6.66. The molecule has 0 radical (unpaired) electrons. The number of hydrogen-bond donors (Lipinski definition) is 2. The molecule has 0 aliphatic heterocycles. The second kappa shape index (κ2) is 5.12. The van der Waals surface area contributed by atoms with Crippen LogP contribution in [-0.4, -0.2) is 27.5 Å². The molecule has 1 aromatic heterocycles. The summed E-state index contributed by atoms with van der Waals surface area (Å²) in [6, 6.07) is 0. The van der Waals surface area contributed by atoms with Crippen molar-refractivity contribution in [3.05, 3.63) is 11.8 Å². The summed E-state index contributed by atoms with van der Waals surface area (Å²) in [5.74, 6) is 1.21. The van der Waals surface area contributed by atoms with Gasteiger partial charge in [-0.05, 0) is 26.0 Å². The maximum atomic E-state index is 5.61. The summed E-state index contributed by atoms with van der Waals surface area (Å²) in [6.07, 6.45) is 9.24. The van der Waals surface area contributed by atoms with Crippen molar-refractivity contribution in [1.82, 2.24) is 9.97 Å². The molecular weight excluding hydrogens is 232 g/mol. The lowest BCUT2D eigenvalue weighted by atomic mass is 10.1. The van der Waals surface area contributed by atoms with E-state index in [0.717, 1.165) is 17.9 Å². The van der Waals surface area contributed by atoms with E-state index in [0.29, 0.717) is 10.7 Å². The van der Waals surface area contributed by atoms with E-state index < -0.39 is 0 Å². The average Bonchev–Trinajstić information content (AvgIpc) is 2.80. The normalized spacial score (nSPS) is 18.2. The monoisotopic (exact) mass is 252 g/mol. The molecule has 3 N–H and O–H groups in total. The van der Waals surface area contributed by atoms with Crippen LogP contribution < -0.4 is 11.1 Å². The van der Waals surface area contributed by atoms with Crippen LogP contribution in [0.15, 0.2) is 6.20 Å². The van der Waals surface area contributed by atoms with Crippen molar-refractivity contribution >= 4 is 23.5 Å². The molecule has 0 unspecified atom stereocenters. The molecule has 0 atom stereocenters. The Morgan fingerprint density at radius 3 is 2.82 bits per heavy atom. The maximum Gasteiger partial charge on any atom is 0.221 e. The smallest absolute Gasteiger partial charge is 0.221 e. The lowest BCUT2D eigenvalue weighted by Gasteiger charge is -2.27. The molecule has 1 heterocycles. The first-order valence-corrected chi connectivity index (χ1v) is 7.26. The van der Waals surface area contributed by atoms with Gasteiger partial charge in [-0.2, -0.15) is 16.7 Å². The SMILES string of the molecule is CSC1(CNc2nc(N)ncc2C)CCCC1. The molecule has 0 amide bonds. The zero-order chi connectivity index (χ0) is 12.3. The molecule has 94 valence electrons. The van der Waals surface area contributed by atoms with Crippen LogP contribution in [0.5, 0.6) is 0 Å². The second-order valence-corrected chi connectivity index (χ2v) is 5.98. The van der Waals surface area contributed by atoms with Gasteiger partial charge < -0.3 is 11.1 Å². The third kappa shape index (κ3) is 2.83. The molecule has 1 aliphatic rings. The molecule has 1 fully saturated rings. The van der Waals surface area contributed by atoms with Crippen LogP contribution >= 0.6 is 11.8 Å². The Morgan fingerprint density at radius 2 is 2.18 bits per heavy atom. The number of rotatable bonds is 4. The minimum absolute atomic E-state index is 0.336. The number of aromatic nitrogens is 2. The van der Waals surface area contributed by atoms with E-state index in [4.69, 9.17) is 5.73 Å². The van der Waals surface area contributed by atoms with E-state index in [2.05, 4.69) is 21.5 Å². The lowest BCUT2D eigenvalue weighted by molar-refractivity contribution is 0.638. The zero-order valence-electron chi connectivity index (χ0n) is 10.5. The van der Waals surface area contributed by atoms with Crippen LogP contribution in [0.4, 0.5) is 11.8 Å². The summed E-state index contributed by atoms with van der Waals surface area (Å²) in [7, 11) is 0. The molecule has 1 aliphatic carbocycles. The van der Waals surface area contributed by atoms with E-state index in [9.17, 15) is 0 Å². The number of nitrogen functional groups attached to an aromatic ring is 1. The summed E-state index contributed by atoms with van der Waals surface area (Å²) < 4.78 is 0.381. The van der Waals surface area contributed by atoms with Gasteiger partial charge in [-0.25, -0.2) is 4.98 Å². The van der Waals surface area contributed by atoms with Crippen LogP contribution in [0.2, 0.25) is 0 Å². The van der Waals surface area contributed by atoms with Gasteiger partial charge in [0.1, 0.15) is 5.82 Å².